The number of benzene rings is 2. The van der Waals surface area contributed by atoms with Crippen LogP contribution in [0.5, 0.6) is 5.75 Å². The van der Waals surface area contributed by atoms with Crippen molar-refractivity contribution in [2.75, 3.05) is 7.11 Å². The standard InChI is InChI=1S/C23H21ClN6O3/c1-14-21(26-28-30(14)18-4-3-5-19(12-18)32-2)23(31)29(17-10-11-17)13-20-25-27-22(33-20)15-6-8-16(24)9-7-15/h3-9,12,17H,10-11,13H2,1-2H3. The molecule has 2 heterocycles. The summed E-state index contributed by atoms with van der Waals surface area (Å²) < 4.78 is 12.7. The van der Waals surface area contributed by atoms with Gasteiger partial charge in [0, 0.05) is 22.7 Å². The number of halogens is 1. The SMILES string of the molecule is COc1cccc(-n2nnc(C(=O)N(Cc3nnc(-c4ccc(Cl)cc4)o3)C3CC3)c2C)c1. The quantitative estimate of drug-likeness (QED) is 0.406. The summed E-state index contributed by atoms with van der Waals surface area (Å²) in [6.07, 6.45) is 1.85. The van der Waals surface area contributed by atoms with Crippen molar-refractivity contribution in [2.24, 2.45) is 0 Å². The number of rotatable bonds is 7. The molecule has 10 heteroatoms. The average Bonchev–Trinajstić information content (AvgIpc) is 3.44. The Bertz CT molecular complexity index is 1300. The minimum absolute atomic E-state index is 0.116. The van der Waals surface area contributed by atoms with E-state index in [0.717, 1.165) is 24.1 Å². The molecule has 9 nitrogen and oxygen atoms in total. The summed E-state index contributed by atoms with van der Waals surface area (Å²) in [5.41, 5.74) is 2.47. The number of methoxy groups -OCH3 is 1. The topological polar surface area (TPSA) is 99.2 Å². The largest absolute Gasteiger partial charge is 0.497 e. The fraction of sp³-hybridized carbons (Fsp3) is 0.261. The number of amides is 1. The van der Waals surface area contributed by atoms with Gasteiger partial charge in [-0.3, -0.25) is 4.79 Å². The molecule has 1 saturated carbocycles. The summed E-state index contributed by atoms with van der Waals surface area (Å²) in [5.74, 6) is 1.22. The number of hydrogen-bond acceptors (Lipinski definition) is 7. The van der Waals surface area contributed by atoms with Gasteiger partial charge in [-0.2, -0.15) is 0 Å². The fourth-order valence-electron chi connectivity index (χ4n) is 3.58. The normalized spacial score (nSPS) is 13.2. The van der Waals surface area contributed by atoms with E-state index in [1.807, 2.05) is 43.3 Å². The molecule has 0 N–H and O–H groups in total. The summed E-state index contributed by atoms with van der Waals surface area (Å²) in [6.45, 7) is 2.03. The first kappa shape index (κ1) is 21.1. The van der Waals surface area contributed by atoms with E-state index < -0.39 is 0 Å². The minimum Gasteiger partial charge on any atom is -0.497 e. The molecule has 168 valence electrons. The van der Waals surface area contributed by atoms with Crippen LogP contribution < -0.4 is 4.74 Å². The number of nitrogens with zero attached hydrogens (tertiary/aromatic N) is 6. The van der Waals surface area contributed by atoms with Crippen molar-refractivity contribution in [3.05, 3.63) is 70.8 Å². The van der Waals surface area contributed by atoms with Crippen LogP contribution in [-0.4, -0.2) is 49.1 Å². The molecule has 1 aliphatic rings. The maximum atomic E-state index is 13.4. The van der Waals surface area contributed by atoms with Crippen LogP contribution in [0.3, 0.4) is 0 Å². The van der Waals surface area contributed by atoms with Crippen molar-refractivity contribution in [3.8, 4) is 22.9 Å². The maximum absolute atomic E-state index is 13.4. The third kappa shape index (κ3) is 4.31. The van der Waals surface area contributed by atoms with E-state index in [-0.39, 0.29) is 18.5 Å². The van der Waals surface area contributed by atoms with Crippen molar-refractivity contribution >= 4 is 17.5 Å². The van der Waals surface area contributed by atoms with Crippen molar-refractivity contribution in [1.29, 1.82) is 0 Å². The lowest BCUT2D eigenvalue weighted by molar-refractivity contribution is 0.0707. The lowest BCUT2D eigenvalue weighted by Gasteiger charge is -2.19. The van der Waals surface area contributed by atoms with Crippen LogP contribution in [0.2, 0.25) is 5.02 Å². The summed E-state index contributed by atoms with van der Waals surface area (Å²) in [5, 5.41) is 17.3. The second-order valence-corrected chi connectivity index (χ2v) is 8.25. The number of carbonyl (C=O) groups excluding carboxylic acids is 1. The van der Waals surface area contributed by atoms with Gasteiger partial charge in [-0.05, 0) is 56.2 Å². The highest BCUT2D eigenvalue weighted by Gasteiger charge is 2.36. The van der Waals surface area contributed by atoms with Crippen molar-refractivity contribution in [2.45, 2.75) is 32.4 Å². The van der Waals surface area contributed by atoms with E-state index in [4.69, 9.17) is 20.8 Å². The van der Waals surface area contributed by atoms with Crippen molar-refractivity contribution in [1.82, 2.24) is 30.1 Å². The Morgan fingerprint density at radius 3 is 2.70 bits per heavy atom. The zero-order chi connectivity index (χ0) is 22.9. The smallest absolute Gasteiger partial charge is 0.277 e. The highest BCUT2D eigenvalue weighted by Crippen LogP contribution is 2.31. The second kappa shape index (κ2) is 8.67. The molecule has 4 aromatic rings. The van der Waals surface area contributed by atoms with Gasteiger partial charge in [-0.15, -0.1) is 15.3 Å². The van der Waals surface area contributed by atoms with Gasteiger partial charge in [0.2, 0.25) is 11.8 Å². The van der Waals surface area contributed by atoms with Crippen LogP contribution in [0.1, 0.15) is 34.9 Å². The molecule has 2 aromatic heterocycles. The van der Waals surface area contributed by atoms with E-state index in [1.165, 1.54) is 0 Å². The number of hydrogen-bond donors (Lipinski definition) is 0. The van der Waals surface area contributed by atoms with Crippen LogP contribution in [0, 0.1) is 6.92 Å². The molecule has 33 heavy (non-hydrogen) atoms. The molecule has 0 saturated heterocycles. The molecular weight excluding hydrogens is 444 g/mol. The van der Waals surface area contributed by atoms with Crippen LogP contribution >= 0.6 is 11.6 Å². The fourth-order valence-corrected chi connectivity index (χ4v) is 3.70. The zero-order valence-electron chi connectivity index (χ0n) is 18.1. The first-order valence-electron chi connectivity index (χ1n) is 10.5. The van der Waals surface area contributed by atoms with Crippen LogP contribution in [-0.2, 0) is 6.54 Å². The number of ether oxygens (including phenoxy) is 1. The summed E-state index contributed by atoms with van der Waals surface area (Å²) >= 11 is 5.95. The maximum Gasteiger partial charge on any atom is 0.277 e. The number of carbonyl (C=O) groups is 1. The van der Waals surface area contributed by atoms with Gasteiger partial charge < -0.3 is 14.1 Å². The van der Waals surface area contributed by atoms with Crippen LogP contribution in [0.25, 0.3) is 17.1 Å². The third-order valence-corrected chi connectivity index (χ3v) is 5.76. The summed E-state index contributed by atoms with van der Waals surface area (Å²) in [4.78, 5) is 15.1. The third-order valence-electron chi connectivity index (χ3n) is 5.51. The Morgan fingerprint density at radius 2 is 1.97 bits per heavy atom. The molecule has 1 aliphatic carbocycles. The molecule has 0 aliphatic heterocycles. The molecular formula is C23H21ClN6O3. The molecule has 1 fully saturated rings. The molecule has 0 unspecified atom stereocenters. The first-order valence-corrected chi connectivity index (χ1v) is 10.9. The highest BCUT2D eigenvalue weighted by molar-refractivity contribution is 6.30. The first-order chi connectivity index (χ1) is 16.0. The van der Waals surface area contributed by atoms with E-state index in [1.54, 1.807) is 28.8 Å². The Kier molecular flexibility index (Phi) is 5.55. The molecule has 0 spiro atoms. The van der Waals surface area contributed by atoms with E-state index in [9.17, 15) is 4.79 Å². The average molecular weight is 465 g/mol. The second-order valence-electron chi connectivity index (χ2n) is 7.81. The summed E-state index contributed by atoms with van der Waals surface area (Å²) in [6, 6.07) is 14.7. The molecule has 5 rings (SSSR count). The molecule has 1 amide bonds. The predicted octanol–water partition coefficient (Wildman–Crippen LogP) is 4.09. The van der Waals surface area contributed by atoms with E-state index in [0.29, 0.717) is 33.9 Å². The monoisotopic (exact) mass is 464 g/mol. The van der Waals surface area contributed by atoms with Gasteiger partial charge >= 0.3 is 0 Å². The lowest BCUT2D eigenvalue weighted by atomic mass is 10.2. The van der Waals surface area contributed by atoms with Gasteiger partial charge in [-0.1, -0.05) is 22.9 Å². The van der Waals surface area contributed by atoms with Gasteiger partial charge in [0.1, 0.15) is 5.75 Å². The summed E-state index contributed by atoms with van der Waals surface area (Å²) in [7, 11) is 1.60. The van der Waals surface area contributed by atoms with Gasteiger partial charge in [0.05, 0.1) is 25.0 Å². The van der Waals surface area contributed by atoms with E-state index in [2.05, 4.69) is 20.5 Å². The van der Waals surface area contributed by atoms with Crippen molar-refractivity contribution in [3.63, 3.8) is 0 Å². The Hall–Kier alpha value is -3.72. The molecule has 2 aromatic carbocycles. The molecule has 0 bridgehead atoms. The molecule has 0 radical (unpaired) electrons. The van der Waals surface area contributed by atoms with Crippen LogP contribution in [0.4, 0.5) is 0 Å². The molecule has 0 atom stereocenters. The van der Waals surface area contributed by atoms with Gasteiger partial charge in [0.15, 0.2) is 5.69 Å². The lowest BCUT2D eigenvalue weighted by Crippen LogP contribution is -2.33. The van der Waals surface area contributed by atoms with Crippen LogP contribution in [0.15, 0.2) is 52.9 Å². The van der Waals surface area contributed by atoms with Gasteiger partial charge in [0.25, 0.3) is 5.91 Å². The van der Waals surface area contributed by atoms with E-state index >= 15 is 0 Å². The minimum atomic E-state index is -0.213. The number of aromatic nitrogens is 5. The van der Waals surface area contributed by atoms with Crippen molar-refractivity contribution < 1.29 is 13.9 Å². The zero-order valence-corrected chi connectivity index (χ0v) is 18.9. The van der Waals surface area contributed by atoms with Gasteiger partial charge in [-0.25, -0.2) is 4.68 Å². The highest BCUT2D eigenvalue weighted by atomic mass is 35.5. The Morgan fingerprint density at radius 1 is 1.18 bits per heavy atom. The Labute approximate surface area is 194 Å². The predicted molar refractivity (Wildman–Crippen MR) is 120 cm³/mol. The Balaban J connectivity index is 1.38.